The van der Waals surface area contributed by atoms with E-state index in [2.05, 4.69) is 20.6 Å². The minimum atomic E-state index is -4.42. The average Bonchev–Trinajstić information content (AvgIpc) is 2.81. The van der Waals surface area contributed by atoms with Crippen LogP contribution < -0.4 is 16.2 Å². The summed E-state index contributed by atoms with van der Waals surface area (Å²) in [6.07, 6.45) is -3.30. The number of carbonyl (C=O) groups excluding carboxylic acids is 1. The Labute approximate surface area is 206 Å². The number of anilines is 3. The van der Waals surface area contributed by atoms with E-state index in [9.17, 15) is 22.8 Å². The van der Waals surface area contributed by atoms with E-state index in [4.69, 9.17) is 4.74 Å². The predicted molar refractivity (Wildman–Crippen MR) is 132 cm³/mol. The third-order valence-electron chi connectivity index (χ3n) is 5.09. The number of amides is 1. The molecule has 3 rings (SSSR count). The van der Waals surface area contributed by atoms with Crippen molar-refractivity contribution in [2.75, 3.05) is 37.9 Å². The van der Waals surface area contributed by atoms with Crippen molar-refractivity contribution in [3.05, 3.63) is 82.1 Å². The molecule has 0 aliphatic heterocycles. The number of nitrogens with zero attached hydrogens (tertiary/aromatic N) is 3. The first kappa shape index (κ1) is 26.7. The van der Waals surface area contributed by atoms with Crippen LogP contribution in [0.5, 0.6) is 0 Å². The largest absolute Gasteiger partial charge is 0.449 e. The van der Waals surface area contributed by atoms with Gasteiger partial charge in [-0.1, -0.05) is 12.1 Å². The highest BCUT2D eigenvalue weighted by Crippen LogP contribution is 2.30. The summed E-state index contributed by atoms with van der Waals surface area (Å²) in [5.74, 6) is 0.293. The summed E-state index contributed by atoms with van der Waals surface area (Å²) in [4.78, 5) is 26.4. The van der Waals surface area contributed by atoms with Gasteiger partial charge < -0.3 is 15.0 Å². The Bertz CT molecular complexity index is 1210. The van der Waals surface area contributed by atoms with E-state index in [1.807, 2.05) is 14.1 Å². The zero-order chi connectivity index (χ0) is 26.1. The zero-order valence-corrected chi connectivity index (χ0v) is 20.0. The highest BCUT2D eigenvalue weighted by molar-refractivity contribution is 5.84. The Kier molecular flexibility index (Phi) is 9.07. The third-order valence-corrected chi connectivity index (χ3v) is 5.09. The molecule has 1 aromatic heterocycles. The van der Waals surface area contributed by atoms with Gasteiger partial charge in [-0.15, -0.1) is 0 Å². The SMILES string of the molecule is CN(C)CCCCOC(=O)Nc1cccc(Cn2nc(Nc3ccc(C(F)(F)F)cc3)ccc2=O)c1. The van der Waals surface area contributed by atoms with Gasteiger partial charge in [0.1, 0.15) is 0 Å². The zero-order valence-electron chi connectivity index (χ0n) is 20.0. The van der Waals surface area contributed by atoms with Crippen molar-refractivity contribution in [2.24, 2.45) is 0 Å². The van der Waals surface area contributed by atoms with Crippen LogP contribution in [0.1, 0.15) is 24.0 Å². The standard InChI is InChI=1S/C25H28F3N5O3/c1-32(2)14-3-4-15-36-24(35)30-21-7-5-6-18(16-21)17-33-23(34)13-12-22(31-33)29-20-10-8-19(9-11-20)25(26,27)28/h5-13,16H,3-4,14-15,17H2,1-2H3,(H,29,31)(H,30,35). The van der Waals surface area contributed by atoms with Gasteiger partial charge in [-0.25, -0.2) is 9.48 Å². The number of aromatic nitrogens is 2. The van der Waals surface area contributed by atoms with Gasteiger partial charge in [-0.3, -0.25) is 10.1 Å². The number of unbranched alkanes of at least 4 members (excludes halogenated alkanes) is 1. The van der Waals surface area contributed by atoms with Crippen LogP contribution in [0.25, 0.3) is 0 Å². The highest BCUT2D eigenvalue weighted by atomic mass is 19.4. The number of hydrogen-bond donors (Lipinski definition) is 2. The van der Waals surface area contributed by atoms with Gasteiger partial charge in [0.05, 0.1) is 18.7 Å². The van der Waals surface area contributed by atoms with Crippen molar-refractivity contribution in [1.29, 1.82) is 0 Å². The van der Waals surface area contributed by atoms with E-state index in [0.29, 0.717) is 29.4 Å². The number of alkyl halides is 3. The molecule has 0 spiro atoms. The molecule has 2 N–H and O–H groups in total. The van der Waals surface area contributed by atoms with Gasteiger partial charge in [0, 0.05) is 17.4 Å². The van der Waals surface area contributed by atoms with Crippen LogP contribution in [0.4, 0.5) is 35.2 Å². The molecule has 0 radical (unpaired) electrons. The fourth-order valence-corrected chi connectivity index (χ4v) is 3.29. The molecule has 1 amide bonds. The number of ether oxygens (including phenoxy) is 1. The van der Waals surface area contributed by atoms with E-state index in [1.54, 1.807) is 24.3 Å². The molecule has 0 saturated carbocycles. The first-order chi connectivity index (χ1) is 17.1. The highest BCUT2D eigenvalue weighted by Gasteiger charge is 2.29. The molecule has 0 fully saturated rings. The number of hydrogen-bond acceptors (Lipinski definition) is 6. The Balaban J connectivity index is 1.60. The number of benzene rings is 2. The number of nitrogens with one attached hydrogen (secondary N) is 2. The fourth-order valence-electron chi connectivity index (χ4n) is 3.29. The van der Waals surface area contributed by atoms with Gasteiger partial charge in [-0.05, 0) is 81.5 Å². The molecule has 192 valence electrons. The molecular formula is C25H28F3N5O3. The van der Waals surface area contributed by atoms with Crippen molar-refractivity contribution >= 4 is 23.3 Å². The summed E-state index contributed by atoms with van der Waals surface area (Å²) in [5.41, 5.74) is 0.501. The van der Waals surface area contributed by atoms with Crippen molar-refractivity contribution in [2.45, 2.75) is 25.6 Å². The molecule has 1 heterocycles. The second-order valence-electron chi connectivity index (χ2n) is 8.39. The van der Waals surface area contributed by atoms with E-state index in [-0.39, 0.29) is 12.1 Å². The molecule has 8 nitrogen and oxygen atoms in total. The monoisotopic (exact) mass is 503 g/mol. The van der Waals surface area contributed by atoms with Gasteiger partial charge >= 0.3 is 12.3 Å². The Hall–Kier alpha value is -3.86. The van der Waals surface area contributed by atoms with Crippen LogP contribution in [0.3, 0.4) is 0 Å². The molecule has 0 aliphatic rings. The van der Waals surface area contributed by atoms with Crippen LogP contribution in [0.15, 0.2) is 65.5 Å². The molecule has 2 aromatic carbocycles. The summed E-state index contributed by atoms with van der Waals surface area (Å²) < 4.78 is 44.7. The summed E-state index contributed by atoms with van der Waals surface area (Å²) in [7, 11) is 3.96. The van der Waals surface area contributed by atoms with Gasteiger partial charge in [-0.2, -0.15) is 18.3 Å². The summed E-state index contributed by atoms with van der Waals surface area (Å²) >= 11 is 0. The van der Waals surface area contributed by atoms with E-state index in [1.165, 1.54) is 28.9 Å². The first-order valence-corrected chi connectivity index (χ1v) is 11.3. The van der Waals surface area contributed by atoms with Crippen molar-refractivity contribution in [1.82, 2.24) is 14.7 Å². The van der Waals surface area contributed by atoms with Gasteiger partial charge in [0.2, 0.25) is 0 Å². The van der Waals surface area contributed by atoms with Crippen molar-refractivity contribution in [3.63, 3.8) is 0 Å². The van der Waals surface area contributed by atoms with E-state index >= 15 is 0 Å². The van der Waals surface area contributed by atoms with Gasteiger partial charge in [0.25, 0.3) is 5.56 Å². The summed E-state index contributed by atoms with van der Waals surface area (Å²) in [5, 5.41) is 9.81. The molecule has 36 heavy (non-hydrogen) atoms. The Morgan fingerprint density at radius 2 is 1.78 bits per heavy atom. The smallest absolute Gasteiger partial charge is 0.416 e. The minimum Gasteiger partial charge on any atom is -0.449 e. The van der Waals surface area contributed by atoms with Crippen LogP contribution in [0.2, 0.25) is 0 Å². The molecular weight excluding hydrogens is 475 g/mol. The second kappa shape index (κ2) is 12.2. The summed E-state index contributed by atoms with van der Waals surface area (Å²) in [6, 6.07) is 14.2. The van der Waals surface area contributed by atoms with Crippen LogP contribution in [0, 0.1) is 0 Å². The second-order valence-corrected chi connectivity index (χ2v) is 8.39. The molecule has 3 aromatic rings. The maximum atomic E-state index is 12.8. The average molecular weight is 504 g/mol. The van der Waals surface area contributed by atoms with Crippen molar-refractivity contribution in [3.8, 4) is 0 Å². The van der Waals surface area contributed by atoms with E-state index in [0.717, 1.165) is 31.5 Å². The van der Waals surface area contributed by atoms with Gasteiger partial charge in [0.15, 0.2) is 5.82 Å². The fraction of sp³-hybridized carbons (Fsp3) is 0.320. The Morgan fingerprint density at radius 3 is 2.47 bits per heavy atom. The van der Waals surface area contributed by atoms with Crippen LogP contribution >= 0.6 is 0 Å². The molecule has 0 aliphatic carbocycles. The lowest BCUT2D eigenvalue weighted by Crippen LogP contribution is -2.23. The third kappa shape index (κ3) is 8.42. The maximum absolute atomic E-state index is 12.8. The normalized spacial score (nSPS) is 11.4. The van der Waals surface area contributed by atoms with Crippen LogP contribution in [-0.2, 0) is 17.5 Å². The molecule has 11 heteroatoms. The molecule has 0 atom stereocenters. The lowest BCUT2D eigenvalue weighted by atomic mass is 10.2. The number of halogens is 3. The molecule has 0 unspecified atom stereocenters. The van der Waals surface area contributed by atoms with E-state index < -0.39 is 17.8 Å². The number of rotatable bonds is 10. The summed E-state index contributed by atoms with van der Waals surface area (Å²) in [6.45, 7) is 1.36. The Morgan fingerprint density at radius 1 is 1.03 bits per heavy atom. The predicted octanol–water partition coefficient (Wildman–Crippen LogP) is 4.94. The molecule has 0 saturated heterocycles. The maximum Gasteiger partial charge on any atom is 0.416 e. The molecule has 0 bridgehead atoms. The number of carbonyl (C=O) groups is 1. The first-order valence-electron chi connectivity index (χ1n) is 11.3. The lowest BCUT2D eigenvalue weighted by molar-refractivity contribution is -0.137. The quantitative estimate of drug-likeness (QED) is 0.381. The minimum absolute atomic E-state index is 0.121. The van der Waals surface area contributed by atoms with Crippen LogP contribution in [-0.4, -0.2) is 48.0 Å². The lowest BCUT2D eigenvalue weighted by Gasteiger charge is -2.12. The van der Waals surface area contributed by atoms with Crippen molar-refractivity contribution < 1.29 is 22.7 Å². The topological polar surface area (TPSA) is 88.5 Å².